The molecular weight excluding hydrogens is 306 g/mol. The highest BCUT2D eigenvalue weighted by Crippen LogP contribution is 2.33. The first-order chi connectivity index (χ1) is 7.81. The van der Waals surface area contributed by atoms with Crippen LogP contribution in [0.4, 0.5) is 0 Å². The van der Waals surface area contributed by atoms with Crippen LogP contribution in [0.25, 0.3) is 0 Å². The second-order valence-electron chi connectivity index (χ2n) is 4.38. The summed E-state index contributed by atoms with van der Waals surface area (Å²) in [6.07, 6.45) is 0. The van der Waals surface area contributed by atoms with Gasteiger partial charge in [0.1, 0.15) is 10.8 Å². The molecule has 0 aliphatic carbocycles. The molecule has 0 bridgehead atoms. The van der Waals surface area contributed by atoms with Crippen molar-refractivity contribution in [3.63, 3.8) is 0 Å². The number of aliphatic hydroxyl groups is 1. The number of ether oxygens (including phenoxy) is 1. The van der Waals surface area contributed by atoms with Crippen LogP contribution >= 0.6 is 15.9 Å². The lowest BCUT2D eigenvalue weighted by molar-refractivity contribution is 0.400. The zero-order chi connectivity index (χ0) is 12.8. The molecule has 1 heterocycles. The Kier molecular flexibility index (Phi) is 3.02. The smallest absolute Gasteiger partial charge is 0.140 e. The third kappa shape index (κ3) is 1.89. The van der Waals surface area contributed by atoms with Crippen LogP contribution in [-0.4, -0.2) is 27.0 Å². The van der Waals surface area contributed by atoms with Crippen molar-refractivity contribution in [1.29, 1.82) is 0 Å². The van der Waals surface area contributed by atoms with Crippen LogP contribution in [0.5, 0.6) is 5.75 Å². The minimum absolute atomic E-state index is 0.0365. The second-order valence-corrected chi connectivity index (χ2v) is 7.44. The predicted molar refractivity (Wildman–Crippen MR) is 72.0 cm³/mol. The topological polar surface area (TPSA) is 58.6 Å². The molecule has 4 nitrogen and oxygen atoms in total. The second kappa shape index (κ2) is 3.98. The van der Waals surface area contributed by atoms with E-state index in [0.717, 1.165) is 4.47 Å². The van der Waals surface area contributed by atoms with Crippen LogP contribution in [0.15, 0.2) is 27.6 Å². The Hall–Kier alpha value is -0.560. The molecule has 94 valence electrons. The lowest BCUT2D eigenvalue weighted by atomic mass is 10.1. The van der Waals surface area contributed by atoms with E-state index < -0.39 is 15.2 Å². The van der Waals surface area contributed by atoms with E-state index >= 15 is 0 Å². The van der Waals surface area contributed by atoms with E-state index in [1.807, 2.05) is 0 Å². The Morgan fingerprint density at radius 2 is 2.12 bits per heavy atom. The maximum Gasteiger partial charge on any atom is 0.140 e. The van der Waals surface area contributed by atoms with Crippen molar-refractivity contribution in [3.8, 4) is 5.75 Å². The normalized spacial score (nSPS) is 26.5. The number of hydrogen-bond acceptors (Lipinski definition) is 2. The molecule has 1 aliphatic rings. The Labute approximate surface area is 109 Å². The third-order valence-corrected chi connectivity index (χ3v) is 5.94. The third-order valence-electron chi connectivity index (χ3n) is 2.64. The molecule has 2 rings (SSSR count). The van der Waals surface area contributed by atoms with Crippen molar-refractivity contribution in [2.45, 2.75) is 24.3 Å². The maximum absolute atomic E-state index is 12.6. The largest absolute Gasteiger partial charge is 0.495 e. The van der Waals surface area contributed by atoms with Gasteiger partial charge in [0, 0.05) is 4.47 Å². The summed E-state index contributed by atoms with van der Waals surface area (Å²) >= 11 is 3.32. The van der Waals surface area contributed by atoms with Gasteiger partial charge < -0.3 is 9.84 Å². The minimum Gasteiger partial charge on any atom is -0.495 e. The van der Waals surface area contributed by atoms with Gasteiger partial charge in [-0.1, -0.05) is 15.9 Å². The van der Waals surface area contributed by atoms with Gasteiger partial charge in [-0.3, -0.25) is 0 Å². The van der Waals surface area contributed by atoms with Crippen molar-refractivity contribution in [2.75, 3.05) is 7.11 Å². The molecule has 17 heavy (non-hydrogen) atoms. The maximum atomic E-state index is 12.6. The molecule has 0 saturated carbocycles. The molecule has 6 heteroatoms. The molecule has 1 unspecified atom stereocenters. The number of halogens is 1. The SMILES string of the molecule is COc1cc(Br)ccc1S1(=O)=C(O)C(C)(C)N1. The number of aliphatic hydroxyl groups excluding tert-OH is 1. The Morgan fingerprint density at radius 3 is 2.59 bits per heavy atom. The zero-order valence-electron chi connectivity index (χ0n) is 9.78. The van der Waals surface area contributed by atoms with Crippen molar-refractivity contribution in [1.82, 2.24) is 4.72 Å². The summed E-state index contributed by atoms with van der Waals surface area (Å²) in [6, 6.07) is 5.18. The Morgan fingerprint density at radius 1 is 1.47 bits per heavy atom. The summed E-state index contributed by atoms with van der Waals surface area (Å²) in [5.41, 5.74) is -0.616. The van der Waals surface area contributed by atoms with E-state index in [1.54, 1.807) is 32.0 Å². The summed E-state index contributed by atoms with van der Waals surface area (Å²) in [5.74, 6) is 0.485. The quantitative estimate of drug-likeness (QED) is 0.821. The van der Waals surface area contributed by atoms with Gasteiger partial charge in [0.2, 0.25) is 0 Å². The van der Waals surface area contributed by atoms with Gasteiger partial charge in [0.15, 0.2) is 0 Å². The standard InChI is InChI=1S/C11H14BrNO3S/c1-11(2)10(14)17(15,13-11)9-5-4-7(12)6-8(9)16-3/h4-6,14H,1-3H3,(H,13,15). The molecule has 1 aromatic carbocycles. The highest BCUT2D eigenvalue weighted by atomic mass is 79.9. The van der Waals surface area contributed by atoms with E-state index in [1.165, 1.54) is 7.11 Å². The van der Waals surface area contributed by atoms with Gasteiger partial charge in [-0.05, 0) is 32.0 Å². The number of benzene rings is 1. The van der Waals surface area contributed by atoms with Crippen LogP contribution < -0.4 is 9.46 Å². The number of rotatable bonds is 2. The van der Waals surface area contributed by atoms with Gasteiger partial charge in [0.25, 0.3) is 0 Å². The average molecular weight is 320 g/mol. The molecule has 0 spiro atoms. The number of hydrogen-bond donors (Lipinski definition) is 2. The molecule has 2 N–H and O–H groups in total. The summed E-state index contributed by atoms with van der Waals surface area (Å²) in [5, 5.41) is 9.91. The van der Waals surface area contributed by atoms with Crippen LogP contribution in [0.2, 0.25) is 0 Å². The van der Waals surface area contributed by atoms with Crippen LogP contribution in [-0.2, 0) is 9.71 Å². The van der Waals surface area contributed by atoms with E-state index in [2.05, 4.69) is 20.7 Å². The first kappa shape index (κ1) is 12.9. The van der Waals surface area contributed by atoms with E-state index in [0.29, 0.717) is 10.6 Å². The van der Waals surface area contributed by atoms with Crippen molar-refractivity contribution >= 4 is 30.7 Å². The summed E-state index contributed by atoms with van der Waals surface area (Å²) < 4.78 is 21.5. The fourth-order valence-electron chi connectivity index (χ4n) is 1.80. The van der Waals surface area contributed by atoms with Crippen molar-refractivity contribution in [3.05, 3.63) is 22.7 Å². The van der Waals surface area contributed by atoms with Gasteiger partial charge >= 0.3 is 0 Å². The Bertz CT molecular complexity index is 588. The first-order valence-electron chi connectivity index (χ1n) is 5.04. The zero-order valence-corrected chi connectivity index (χ0v) is 12.2. The predicted octanol–water partition coefficient (Wildman–Crippen LogP) is 2.09. The number of nitrogens with one attached hydrogen (secondary N) is 1. The fraction of sp³-hybridized carbons (Fsp3) is 0.364. The molecule has 0 fully saturated rings. The van der Waals surface area contributed by atoms with Gasteiger partial charge in [-0.2, -0.15) is 0 Å². The minimum atomic E-state index is -2.74. The molecule has 0 aromatic heterocycles. The van der Waals surface area contributed by atoms with E-state index in [9.17, 15) is 9.32 Å². The van der Waals surface area contributed by atoms with Crippen molar-refractivity contribution < 1.29 is 14.1 Å². The molecule has 1 atom stereocenters. The van der Waals surface area contributed by atoms with Gasteiger partial charge in [0.05, 0.1) is 27.3 Å². The fourth-order valence-corrected chi connectivity index (χ4v) is 4.67. The highest BCUT2D eigenvalue weighted by molar-refractivity contribution is 9.10. The summed E-state index contributed by atoms with van der Waals surface area (Å²) in [6.45, 7) is 3.55. The molecule has 1 aromatic rings. The highest BCUT2D eigenvalue weighted by Gasteiger charge is 2.43. The molecule has 0 radical (unpaired) electrons. The average Bonchev–Trinajstić information content (AvgIpc) is 2.27. The van der Waals surface area contributed by atoms with Crippen LogP contribution in [0, 0.1) is 0 Å². The monoisotopic (exact) mass is 319 g/mol. The Balaban J connectivity index is 2.66. The van der Waals surface area contributed by atoms with E-state index in [-0.39, 0.29) is 5.05 Å². The van der Waals surface area contributed by atoms with Crippen LogP contribution in [0.1, 0.15) is 13.8 Å². The van der Waals surface area contributed by atoms with Gasteiger partial charge in [-0.25, -0.2) is 8.93 Å². The molecule has 0 amide bonds. The van der Waals surface area contributed by atoms with Gasteiger partial charge in [-0.15, -0.1) is 0 Å². The molecule has 1 aliphatic heterocycles. The first-order valence-corrected chi connectivity index (χ1v) is 7.39. The molecular formula is C11H14BrNO3S. The lowest BCUT2D eigenvalue weighted by Crippen LogP contribution is -2.63. The van der Waals surface area contributed by atoms with Crippen molar-refractivity contribution in [2.24, 2.45) is 0 Å². The summed E-state index contributed by atoms with van der Waals surface area (Å²) in [4.78, 5) is 0.472. The van der Waals surface area contributed by atoms with E-state index in [4.69, 9.17) is 4.74 Å². The summed E-state index contributed by atoms with van der Waals surface area (Å²) in [7, 11) is -1.23. The molecule has 0 saturated heterocycles. The number of methoxy groups -OCH3 is 1. The lowest BCUT2D eigenvalue weighted by Gasteiger charge is -2.39. The van der Waals surface area contributed by atoms with Crippen LogP contribution in [0.3, 0.4) is 0 Å².